The lowest BCUT2D eigenvalue weighted by Crippen LogP contribution is -2.01. The summed E-state index contributed by atoms with van der Waals surface area (Å²) in [6, 6.07) is 0. The van der Waals surface area contributed by atoms with Gasteiger partial charge in [-0.15, -0.1) is 3.97 Å². The zero-order chi connectivity index (χ0) is 9.12. The number of hydrogen-bond acceptors (Lipinski definition) is 6. The molecule has 0 spiro atoms. The topological polar surface area (TPSA) is 99.1 Å². The maximum atomic E-state index is 10.5. The van der Waals surface area contributed by atoms with Crippen molar-refractivity contribution in [1.29, 1.82) is 0 Å². The molecule has 0 aromatic heterocycles. The van der Waals surface area contributed by atoms with E-state index in [1.165, 1.54) is 0 Å². The third-order valence-electron chi connectivity index (χ3n) is 0.355. The fourth-order valence-corrected chi connectivity index (χ4v) is 1.95. The van der Waals surface area contributed by atoms with E-state index in [9.17, 15) is 13.0 Å². The molecule has 0 heterocycles. The lowest BCUT2D eigenvalue weighted by atomic mass is 15.7. The number of hydrogen-bond donors (Lipinski definition) is 1. The highest BCUT2D eigenvalue weighted by atomic mass is 35.5. The first-order chi connectivity index (χ1) is 4.83. The maximum Gasteiger partial charge on any atom is 0.524 e. The first-order valence-corrected chi connectivity index (χ1v) is 5.16. The van der Waals surface area contributed by atoms with E-state index in [2.05, 4.69) is 35.9 Å². The smallest absolute Gasteiger partial charge is 0.263 e. The van der Waals surface area contributed by atoms with E-state index in [0.717, 1.165) is 0 Å². The zero-order valence-corrected chi connectivity index (χ0v) is 7.73. The third kappa shape index (κ3) is 4.94. The number of rotatable bonds is 4. The largest absolute Gasteiger partial charge is 0.524 e. The second-order valence-electron chi connectivity index (χ2n) is 1.09. The summed E-state index contributed by atoms with van der Waals surface area (Å²) in [6.45, 7) is 0. The van der Waals surface area contributed by atoms with Gasteiger partial charge in [-0.25, -0.2) is 4.57 Å². The van der Waals surface area contributed by atoms with Gasteiger partial charge in [0.05, 0.1) is 23.7 Å². The molecule has 0 aromatic rings. The minimum absolute atomic E-state index is 3.30. The van der Waals surface area contributed by atoms with Gasteiger partial charge < -0.3 is 0 Å². The van der Waals surface area contributed by atoms with Gasteiger partial charge in [-0.2, -0.15) is 16.6 Å². The molecule has 0 aliphatic carbocycles. The zero-order valence-electron chi connectivity index (χ0n) is 4.51. The van der Waals surface area contributed by atoms with Gasteiger partial charge in [0, 0.05) is 0 Å². The Hall–Kier alpha value is 0.600. The Morgan fingerprint density at radius 1 is 1.27 bits per heavy atom. The normalized spacial score (nSPS) is 13.4. The molecule has 0 bridgehead atoms. The molecule has 0 aromatic carbocycles. The average Bonchev–Trinajstić information content (AvgIpc) is 1.84. The van der Waals surface area contributed by atoms with Crippen LogP contribution >= 0.6 is 31.6 Å². The van der Waals surface area contributed by atoms with Crippen LogP contribution in [-0.2, 0) is 27.1 Å². The van der Waals surface area contributed by atoms with Gasteiger partial charge in [0.15, 0.2) is 0 Å². The molecule has 0 aliphatic rings. The minimum atomic E-state index is -4.99. The standard InChI is InChI=1S/Cl2HO7PS/c1-7-10(3,8-2)9-11(4,5)6/h(H,4,5,6). The van der Waals surface area contributed by atoms with Gasteiger partial charge in [-0.05, 0) is 0 Å². The summed E-state index contributed by atoms with van der Waals surface area (Å²) in [5.41, 5.74) is 0. The van der Waals surface area contributed by atoms with Crippen LogP contribution in [0.25, 0.3) is 0 Å². The van der Waals surface area contributed by atoms with E-state index in [0.29, 0.717) is 0 Å². The van der Waals surface area contributed by atoms with Crippen molar-refractivity contribution >= 4 is 42.0 Å². The molecular formula is HCl2O7PS. The van der Waals surface area contributed by atoms with Gasteiger partial charge in [0.2, 0.25) is 0 Å². The molecule has 0 rings (SSSR count). The van der Waals surface area contributed by atoms with E-state index in [1.54, 1.807) is 0 Å². The summed E-state index contributed by atoms with van der Waals surface area (Å²) in [4.78, 5) is 0. The highest BCUT2D eigenvalue weighted by molar-refractivity contribution is 7.85. The van der Waals surface area contributed by atoms with Crippen molar-refractivity contribution in [3.63, 3.8) is 0 Å². The van der Waals surface area contributed by atoms with E-state index >= 15 is 0 Å². The van der Waals surface area contributed by atoms with Gasteiger partial charge in [0.25, 0.3) is 0 Å². The Morgan fingerprint density at radius 3 is 1.73 bits per heavy atom. The van der Waals surface area contributed by atoms with E-state index in [1.807, 2.05) is 0 Å². The van der Waals surface area contributed by atoms with Crippen LogP contribution in [0.1, 0.15) is 0 Å². The maximum absolute atomic E-state index is 10.5. The minimum Gasteiger partial charge on any atom is -0.263 e. The molecule has 0 saturated heterocycles. The molecule has 7 nitrogen and oxygen atoms in total. The predicted octanol–water partition coefficient (Wildman–Crippen LogP) is 1.25. The molecule has 0 fully saturated rings. The van der Waals surface area contributed by atoms with E-state index in [-0.39, 0.29) is 0 Å². The Bertz CT molecular complexity index is 246. The van der Waals surface area contributed by atoms with E-state index < -0.39 is 18.2 Å². The van der Waals surface area contributed by atoms with Crippen LogP contribution in [0.2, 0.25) is 0 Å². The van der Waals surface area contributed by atoms with Crippen LogP contribution < -0.4 is 0 Å². The van der Waals surface area contributed by atoms with Gasteiger partial charge in [0.1, 0.15) is 0 Å². The molecule has 1 N–H and O–H groups in total. The molecule has 0 saturated carbocycles. The average molecular weight is 247 g/mol. The Labute approximate surface area is 72.1 Å². The highest BCUT2D eigenvalue weighted by Crippen LogP contribution is 2.52. The van der Waals surface area contributed by atoms with Gasteiger partial charge in [-0.1, -0.05) is 0 Å². The lowest BCUT2D eigenvalue weighted by molar-refractivity contribution is 0.295. The fraction of sp³-hybridized carbons (Fsp3) is 0. The van der Waals surface area contributed by atoms with Crippen molar-refractivity contribution < 1.29 is 29.7 Å². The summed E-state index contributed by atoms with van der Waals surface area (Å²) < 4.78 is 48.2. The molecule has 11 heavy (non-hydrogen) atoms. The molecule has 68 valence electrons. The van der Waals surface area contributed by atoms with Crippen LogP contribution in [0.15, 0.2) is 0 Å². The van der Waals surface area contributed by atoms with Crippen LogP contribution in [-0.4, -0.2) is 13.0 Å². The molecule has 0 radical (unpaired) electrons. The van der Waals surface area contributed by atoms with Gasteiger partial charge >= 0.3 is 18.2 Å². The summed E-state index contributed by atoms with van der Waals surface area (Å²) in [7, 11) is -9.60. The van der Waals surface area contributed by atoms with Crippen LogP contribution in [0, 0.1) is 0 Å². The summed E-state index contributed by atoms with van der Waals surface area (Å²) in [5, 5.41) is 0. The molecule has 0 unspecified atom stereocenters. The summed E-state index contributed by atoms with van der Waals surface area (Å²) in [5.74, 6) is 0. The quantitative estimate of drug-likeness (QED) is 0.589. The van der Waals surface area contributed by atoms with Crippen molar-refractivity contribution in [1.82, 2.24) is 0 Å². The second-order valence-corrected chi connectivity index (χ2v) is 4.54. The Kier molecular flexibility index (Phi) is 4.23. The first-order valence-electron chi connectivity index (χ1n) is 1.72. The number of phosphoric acid groups is 1. The van der Waals surface area contributed by atoms with Crippen molar-refractivity contribution in [2.45, 2.75) is 0 Å². The van der Waals surface area contributed by atoms with Crippen LogP contribution in [0.5, 0.6) is 0 Å². The Balaban J connectivity index is 4.47. The lowest BCUT2D eigenvalue weighted by Gasteiger charge is -2.04. The van der Waals surface area contributed by atoms with Crippen molar-refractivity contribution in [3.8, 4) is 0 Å². The van der Waals surface area contributed by atoms with Crippen LogP contribution in [0.4, 0.5) is 0 Å². The molecule has 0 aliphatic heterocycles. The van der Waals surface area contributed by atoms with Gasteiger partial charge in [-0.3, -0.25) is 4.55 Å². The summed E-state index contributed by atoms with van der Waals surface area (Å²) >= 11 is 8.88. The third-order valence-corrected chi connectivity index (χ3v) is 3.19. The van der Waals surface area contributed by atoms with Crippen molar-refractivity contribution in [2.75, 3.05) is 0 Å². The van der Waals surface area contributed by atoms with E-state index in [4.69, 9.17) is 4.55 Å². The first kappa shape index (κ1) is 11.6. The van der Waals surface area contributed by atoms with Crippen molar-refractivity contribution in [3.05, 3.63) is 0 Å². The highest BCUT2D eigenvalue weighted by Gasteiger charge is 2.33. The molecular weight excluding hydrogens is 246 g/mol. The predicted molar refractivity (Wildman–Crippen MR) is 34.1 cm³/mol. The fourth-order valence-electron chi connectivity index (χ4n) is 0.149. The van der Waals surface area contributed by atoms with Crippen molar-refractivity contribution in [2.24, 2.45) is 0 Å². The second kappa shape index (κ2) is 4.01. The molecule has 0 amide bonds. The SMILES string of the molecule is O=P(OCl)(OCl)OS(=O)(=O)O. The Morgan fingerprint density at radius 2 is 1.64 bits per heavy atom. The number of halogens is 2. The monoisotopic (exact) mass is 246 g/mol. The molecule has 0 atom stereocenters. The summed E-state index contributed by atoms with van der Waals surface area (Å²) in [6.07, 6.45) is 0. The van der Waals surface area contributed by atoms with Crippen LogP contribution in [0.3, 0.4) is 0 Å². The molecule has 11 heteroatoms.